The summed E-state index contributed by atoms with van der Waals surface area (Å²) in [6.07, 6.45) is 2.34. The minimum absolute atomic E-state index is 0.407. The average Bonchev–Trinajstić information content (AvgIpc) is 2.41. The van der Waals surface area contributed by atoms with Gasteiger partial charge in [0.2, 0.25) is 5.91 Å². The molecule has 0 aliphatic carbocycles. The molecule has 1 heterocycles. The lowest BCUT2D eigenvalue weighted by molar-refractivity contribution is 0.1000. The van der Waals surface area contributed by atoms with Crippen LogP contribution in [0.2, 0.25) is 0 Å². The highest BCUT2D eigenvalue weighted by Crippen LogP contribution is 2.08. The van der Waals surface area contributed by atoms with Crippen LogP contribution in [-0.2, 0) is 6.42 Å². The van der Waals surface area contributed by atoms with Gasteiger partial charge >= 0.3 is 0 Å². The van der Waals surface area contributed by atoms with Crippen molar-refractivity contribution in [1.29, 1.82) is 0 Å². The van der Waals surface area contributed by atoms with Gasteiger partial charge < -0.3 is 16.8 Å². The van der Waals surface area contributed by atoms with Crippen molar-refractivity contribution in [3.8, 4) is 0 Å². The first kappa shape index (κ1) is 12.9. The van der Waals surface area contributed by atoms with E-state index in [4.69, 9.17) is 11.5 Å². The summed E-state index contributed by atoms with van der Waals surface area (Å²) in [5, 5.41) is 3.18. The molecule has 0 saturated heterocycles. The van der Waals surface area contributed by atoms with Gasteiger partial charge in [0.15, 0.2) is 0 Å². The smallest absolute Gasteiger partial charge is 0.250 e. The van der Waals surface area contributed by atoms with Gasteiger partial charge in [-0.25, -0.2) is 4.98 Å². The van der Waals surface area contributed by atoms with E-state index in [1.165, 1.54) is 11.8 Å². The van der Waals surface area contributed by atoms with Crippen molar-refractivity contribution in [2.75, 3.05) is 17.6 Å². The number of anilines is 2. The highest BCUT2D eigenvalue weighted by Gasteiger charge is 2.00. The Labute approximate surface area is 111 Å². The summed E-state index contributed by atoms with van der Waals surface area (Å²) >= 11 is 0. The number of aromatic nitrogens is 1. The van der Waals surface area contributed by atoms with Gasteiger partial charge in [-0.3, -0.25) is 4.79 Å². The molecular formula is C14H16N4O. The molecule has 0 aliphatic heterocycles. The van der Waals surface area contributed by atoms with Crippen LogP contribution < -0.4 is 16.8 Å². The maximum absolute atomic E-state index is 10.9. The van der Waals surface area contributed by atoms with Crippen molar-refractivity contribution in [2.45, 2.75) is 6.42 Å². The molecule has 5 heteroatoms. The topological polar surface area (TPSA) is 94.0 Å². The Morgan fingerprint density at radius 2 is 1.89 bits per heavy atom. The second kappa shape index (κ2) is 5.86. The summed E-state index contributed by atoms with van der Waals surface area (Å²) in [5.41, 5.74) is 13.1. The van der Waals surface area contributed by atoms with Crippen LogP contribution in [-0.4, -0.2) is 17.4 Å². The van der Waals surface area contributed by atoms with E-state index in [2.05, 4.69) is 10.3 Å². The number of hydrogen-bond acceptors (Lipinski definition) is 4. The highest BCUT2D eigenvalue weighted by molar-refractivity contribution is 5.92. The van der Waals surface area contributed by atoms with Crippen LogP contribution in [0.25, 0.3) is 0 Å². The first-order chi connectivity index (χ1) is 9.15. The van der Waals surface area contributed by atoms with Gasteiger partial charge in [0.1, 0.15) is 5.82 Å². The highest BCUT2D eigenvalue weighted by atomic mass is 16.1. The van der Waals surface area contributed by atoms with Gasteiger partial charge in [0.25, 0.3) is 0 Å². The molecule has 5 nitrogen and oxygen atoms in total. The number of amides is 1. The summed E-state index contributed by atoms with van der Waals surface area (Å²) in [4.78, 5) is 15.0. The fourth-order valence-electron chi connectivity index (χ4n) is 1.66. The van der Waals surface area contributed by atoms with E-state index in [1.54, 1.807) is 12.1 Å². The molecule has 98 valence electrons. The Hall–Kier alpha value is -2.56. The Balaban J connectivity index is 1.85. The molecule has 1 amide bonds. The number of nitrogen functional groups attached to an aromatic ring is 1. The molecular weight excluding hydrogens is 240 g/mol. The number of primary amides is 1. The summed E-state index contributed by atoms with van der Waals surface area (Å²) in [7, 11) is 0. The molecule has 1 aromatic carbocycles. The van der Waals surface area contributed by atoms with Crippen molar-refractivity contribution in [3.63, 3.8) is 0 Å². The summed E-state index contributed by atoms with van der Waals surface area (Å²) in [5.74, 6) is 0.251. The molecule has 0 aliphatic rings. The summed E-state index contributed by atoms with van der Waals surface area (Å²) < 4.78 is 0. The van der Waals surface area contributed by atoms with Crippen molar-refractivity contribution in [3.05, 3.63) is 53.7 Å². The quantitative estimate of drug-likeness (QED) is 0.705. The fraction of sp³-hybridized carbons (Fsp3) is 0.143. The van der Waals surface area contributed by atoms with E-state index in [1.807, 2.05) is 24.3 Å². The molecule has 0 bridgehead atoms. The third kappa shape index (κ3) is 3.70. The Morgan fingerprint density at radius 1 is 1.16 bits per heavy atom. The van der Waals surface area contributed by atoms with Crippen LogP contribution in [0.5, 0.6) is 0 Å². The molecule has 0 radical (unpaired) electrons. The number of hydrogen-bond donors (Lipinski definition) is 3. The number of nitrogens with one attached hydrogen (secondary N) is 1. The number of benzene rings is 1. The van der Waals surface area contributed by atoms with Crippen molar-refractivity contribution in [2.24, 2.45) is 5.73 Å². The number of nitrogens with two attached hydrogens (primary N) is 2. The van der Waals surface area contributed by atoms with E-state index in [-0.39, 0.29) is 0 Å². The summed E-state index contributed by atoms with van der Waals surface area (Å²) in [6.45, 7) is 0.757. The molecule has 2 aromatic rings. The lowest BCUT2D eigenvalue weighted by Gasteiger charge is -2.06. The van der Waals surface area contributed by atoms with E-state index in [0.29, 0.717) is 5.56 Å². The molecule has 19 heavy (non-hydrogen) atoms. The molecule has 0 unspecified atom stereocenters. The van der Waals surface area contributed by atoms with Crippen LogP contribution >= 0.6 is 0 Å². The second-order valence-electron chi connectivity index (χ2n) is 4.21. The molecule has 2 rings (SSSR count). The minimum Gasteiger partial charge on any atom is -0.399 e. The SMILES string of the molecule is NC(=O)c1ccc(NCCc2ccc(N)cc2)nc1. The molecule has 5 N–H and O–H groups in total. The number of rotatable bonds is 5. The van der Waals surface area contributed by atoms with Gasteiger partial charge in [-0.2, -0.15) is 0 Å². The van der Waals surface area contributed by atoms with E-state index < -0.39 is 5.91 Å². The van der Waals surface area contributed by atoms with E-state index >= 15 is 0 Å². The predicted octanol–water partition coefficient (Wildman–Crippen LogP) is 1.42. The second-order valence-corrected chi connectivity index (χ2v) is 4.21. The zero-order valence-corrected chi connectivity index (χ0v) is 10.5. The lowest BCUT2D eigenvalue weighted by Crippen LogP contribution is -2.12. The van der Waals surface area contributed by atoms with Crippen LogP contribution in [0.15, 0.2) is 42.6 Å². The molecule has 1 aromatic heterocycles. The van der Waals surface area contributed by atoms with Gasteiger partial charge in [-0.05, 0) is 36.2 Å². The maximum Gasteiger partial charge on any atom is 0.250 e. The number of pyridine rings is 1. The Kier molecular flexibility index (Phi) is 3.97. The maximum atomic E-state index is 10.9. The van der Waals surface area contributed by atoms with Crippen LogP contribution in [0.1, 0.15) is 15.9 Å². The van der Waals surface area contributed by atoms with Crippen LogP contribution in [0, 0.1) is 0 Å². The van der Waals surface area contributed by atoms with E-state index in [0.717, 1.165) is 24.5 Å². The number of carbonyl (C=O) groups is 1. The first-order valence-corrected chi connectivity index (χ1v) is 5.99. The lowest BCUT2D eigenvalue weighted by atomic mass is 10.1. The molecule has 0 atom stereocenters. The fourth-order valence-corrected chi connectivity index (χ4v) is 1.66. The zero-order valence-electron chi connectivity index (χ0n) is 10.5. The zero-order chi connectivity index (χ0) is 13.7. The Bertz CT molecular complexity index is 549. The number of carbonyl (C=O) groups excluding carboxylic acids is 1. The normalized spacial score (nSPS) is 10.1. The standard InChI is InChI=1S/C14H16N4O/c15-12-4-1-10(2-5-12)7-8-17-13-6-3-11(9-18-13)14(16)19/h1-6,9H,7-8,15H2,(H2,16,19)(H,17,18). The number of nitrogens with zero attached hydrogens (tertiary/aromatic N) is 1. The average molecular weight is 256 g/mol. The monoisotopic (exact) mass is 256 g/mol. The van der Waals surface area contributed by atoms with Crippen LogP contribution in [0.4, 0.5) is 11.5 Å². The van der Waals surface area contributed by atoms with Crippen molar-refractivity contribution >= 4 is 17.4 Å². The van der Waals surface area contributed by atoms with E-state index in [9.17, 15) is 4.79 Å². The van der Waals surface area contributed by atoms with Gasteiger partial charge in [0.05, 0.1) is 5.56 Å². The molecule has 0 spiro atoms. The van der Waals surface area contributed by atoms with Crippen LogP contribution in [0.3, 0.4) is 0 Å². The van der Waals surface area contributed by atoms with Gasteiger partial charge in [0, 0.05) is 18.4 Å². The molecule has 0 fully saturated rings. The first-order valence-electron chi connectivity index (χ1n) is 5.99. The van der Waals surface area contributed by atoms with Gasteiger partial charge in [-0.15, -0.1) is 0 Å². The summed E-state index contributed by atoms with van der Waals surface area (Å²) in [6, 6.07) is 11.2. The van der Waals surface area contributed by atoms with Crippen molar-refractivity contribution < 1.29 is 4.79 Å². The predicted molar refractivity (Wildman–Crippen MR) is 75.8 cm³/mol. The largest absolute Gasteiger partial charge is 0.399 e. The van der Waals surface area contributed by atoms with Crippen molar-refractivity contribution in [1.82, 2.24) is 4.98 Å². The van der Waals surface area contributed by atoms with Gasteiger partial charge in [-0.1, -0.05) is 12.1 Å². The molecule has 0 saturated carbocycles. The Morgan fingerprint density at radius 3 is 2.47 bits per heavy atom. The third-order valence-electron chi connectivity index (χ3n) is 2.75. The third-order valence-corrected chi connectivity index (χ3v) is 2.75. The minimum atomic E-state index is -0.471.